The lowest BCUT2D eigenvalue weighted by Gasteiger charge is -2.19. The second-order valence-electron chi connectivity index (χ2n) is 5.35. The Bertz CT molecular complexity index is 401. The van der Waals surface area contributed by atoms with E-state index in [0.29, 0.717) is 6.04 Å². The zero-order valence-electron chi connectivity index (χ0n) is 14.5. The highest BCUT2D eigenvalue weighted by Crippen LogP contribution is 2.26. The van der Waals surface area contributed by atoms with E-state index in [4.69, 9.17) is 5.10 Å². The van der Waals surface area contributed by atoms with Gasteiger partial charge in [-0.25, -0.2) is 0 Å². The van der Waals surface area contributed by atoms with E-state index in [1.807, 2.05) is 11.8 Å². The molecule has 3 nitrogen and oxygen atoms in total. The minimum Gasteiger partial charge on any atom is -0.310 e. The highest BCUT2D eigenvalue weighted by molar-refractivity contribution is 7.99. The van der Waals surface area contributed by atoms with Crippen LogP contribution in [0.2, 0.25) is 0 Å². The number of rotatable bonds is 11. The smallest absolute Gasteiger partial charge is 0.0672 e. The first-order valence-electron chi connectivity index (χ1n) is 8.62. The molecule has 0 amide bonds. The molecule has 122 valence electrons. The summed E-state index contributed by atoms with van der Waals surface area (Å²) < 4.78 is 2.27. The Labute approximate surface area is 135 Å². The predicted octanol–water partition coefficient (Wildman–Crippen LogP) is 4.21. The largest absolute Gasteiger partial charge is 0.310 e. The number of nitrogens with one attached hydrogen (secondary N) is 1. The Balaban J connectivity index is 3.03. The summed E-state index contributed by atoms with van der Waals surface area (Å²) >= 11 is 2.00. The lowest BCUT2D eigenvalue weighted by atomic mass is 9.99. The van der Waals surface area contributed by atoms with Crippen LogP contribution in [0.25, 0.3) is 0 Å². The Morgan fingerprint density at radius 2 is 1.90 bits per heavy atom. The van der Waals surface area contributed by atoms with Crippen LogP contribution in [0, 0.1) is 0 Å². The SMILES string of the molecule is CCCNC(CC)c1c(CC)nn(CCSCC)c1CC. The van der Waals surface area contributed by atoms with Crippen LogP contribution in [0.5, 0.6) is 0 Å². The molecule has 0 spiro atoms. The summed E-state index contributed by atoms with van der Waals surface area (Å²) in [6.07, 6.45) is 4.42. The van der Waals surface area contributed by atoms with Crippen molar-refractivity contribution in [2.75, 3.05) is 18.1 Å². The van der Waals surface area contributed by atoms with E-state index in [0.717, 1.165) is 38.1 Å². The molecule has 0 radical (unpaired) electrons. The van der Waals surface area contributed by atoms with Crippen LogP contribution in [-0.2, 0) is 19.4 Å². The summed E-state index contributed by atoms with van der Waals surface area (Å²) in [6, 6.07) is 0.461. The molecule has 4 heteroatoms. The third-order valence-corrected chi connectivity index (χ3v) is 4.77. The number of aryl methyl sites for hydroxylation is 2. The highest BCUT2D eigenvalue weighted by Gasteiger charge is 2.21. The molecule has 0 fully saturated rings. The molecule has 0 aliphatic carbocycles. The molecule has 1 atom stereocenters. The van der Waals surface area contributed by atoms with Crippen molar-refractivity contribution in [3.8, 4) is 0 Å². The average molecular weight is 312 g/mol. The van der Waals surface area contributed by atoms with E-state index >= 15 is 0 Å². The molecule has 1 aromatic rings. The summed E-state index contributed by atoms with van der Waals surface area (Å²) in [5.41, 5.74) is 4.22. The summed E-state index contributed by atoms with van der Waals surface area (Å²) in [5.74, 6) is 2.35. The molecule has 1 aromatic heterocycles. The third-order valence-electron chi connectivity index (χ3n) is 3.89. The molecule has 0 aliphatic heterocycles. The van der Waals surface area contributed by atoms with Gasteiger partial charge in [0.2, 0.25) is 0 Å². The molecule has 1 unspecified atom stereocenters. The molecule has 1 rings (SSSR count). The molecule has 1 N–H and O–H groups in total. The van der Waals surface area contributed by atoms with Gasteiger partial charge in [0.15, 0.2) is 0 Å². The second kappa shape index (κ2) is 10.3. The third kappa shape index (κ3) is 5.03. The van der Waals surface area contributed by atoms with Crippen molar-refractivity contribution in [3.05, 3.63) is 17.0 Å². The Morgan fingerprint density at radius 3 is 2.43 bits per heavy atom. The Morgan fingerprint density at radius 1 is 1.14 bits per heavy atom. The normalized spacial score (nSPS) is 12.8. The first-order valence-corrected chi connectivity index (χ1v) is 9.78. The number of aromatic nitrogens is 2. The van der Waals surface area contributed by atoms with Crippen molar-refractivity contribution in [1.82, 2.24) is 15.1 Å². The van der Waals surface area contributed by atoms with Crippen molar-refractivity contribution in [2.45, 2.75) is 72.9 Å². The number of thioether (sulfide) groups is 1. The van der Waals surface area contributed by atoms with Crippen molar-refractivity contribution in [1.29, 1.82) is 0 Å². The van der Waals surface area contributed by atoms with Gasteiger partial charge in [-0.1, -0.05) is 34.6 Å². The maximum Gasteiger partial charge on any atom is 0.0672 e. The van der Waals surface area contributed by atoms with Gasteiger partial charge >= 0.3 is 0 Å². The summed E-state index contributed by atoms with van der Waals surface area (Å²) in [5, 5.41) is 8.62. The van der Waals surface area contributed by atoms with Crippen LogP contribution in [0.15, 0.2) is 0 Å². The van der Waals surface area contributed by atoms with Gasteiger partial charge in [-0.3, -0.25) is 4.68 Å². The quantitative estimate of drug-likeness (QED) is 0.621. The fourth-order valence-electron chi connectivity index (χ4n) is 2.85. The van der Waals surface area contributed by atoms with Crippen molar-refractivity contribution >= 4 is 11.8 Å². The van der Waals surface area contributed by atoms with Crippen LogP contribution in [0.4, 0.5) is 0 Å². The van der Waals surface area contributed by atoms with Gasteiger partial charge in [-0.15, -0.1) is 0 Å². The van der Waals surface area contributed by atoms with Crippen LogP contribution >= 0.6 is 11.8 Å². The molecule has 0 saturated carbocycles. The topological polar surface area (TPSA) is 29.9 Å². The van der Waals surface area contributed by atoms with Crippen LogP contribution in [-0.4, -0.2) is 27.8 Å². The monoisotopic (exact) mass is 311 g/mol. The first-order chi connectivity index (χ1) is 10.2. The van der Waals surface area contributed by atoms with Gasteiger partial charge < -0.3 is 5.32 Å². The maximum atomic E-state index is 4.91. The molecule has 21 heavy (non-hydrogen) atoms. The zero-order valence-corrected chi connectivity index (χ0v) is 15.4. The van der Waals surface area contributed by atoms with Gasteiger partial charge in [0.05, 0.1) is 12.2 Å². The lowest BCUT2D eigenvalue weighted by Crippen LogP contribution is -2.23. The van der Waals surface area contributed by atoms with Crippen LogP contribution in [0.1, 0.15) is 70.5 Å². The van der Waals surface area contributed by atoms with Gasteiger partial charge in [0, 0.05) is 23.1 Å². The van der Waals surface area contributed by atoms with Crippen molar-refractivity contribution < 1.29 is 0 Å². The summed E-state index contributed by atoms with van der Waals surface area (Å²) in [4.78, 5) is 0. The van der Waals surface area contributed by atoms with Crippen molar-refractivity contribution in [3.63, 3.8) is 0 Å². The minimum absolute atomic E-state index is 0.461. The minimum atomic E-state index is 0.461. The Hall–Kier alpha value is -0.480. The van der Waals surface area contributed by atoms with Gasteiger partial charge in [-0.05, 0) is 38.0 Å². The number of nitrogens with zero attached hydrogens (tertiary/aromatic N) is 2. The highest BCUT2D eigenvalue weighted by atomic mass is 32.2. The molecule has 0 aromatic carbocycles. The summed E-state index contributed by atoms with van der Waals surface area (Å²) in [6.45, 7) is 13.3. The van der Waals surface area contributed by atoms with Gasteiger partial charge in [0.25, 0.3) is 0 Å². The maximum absolute atomic E-state index is 4.91. The first kappa shape index (κ1) is 18.6. The van der Waals surface area contributed by atoms with Crippen LogP contribution < -0.4 is 5.32 Å². The molecule has 0 saturated heterocycles. The van der Waals surface area contributed by atoms with E-state index in [-0.39, 0.29) is 0 Å². The molecular weight excluding hydrogens is 278 g/mol. The van der Waals surface area contributed by atoms with E-state index in [1.54, 1.807) is 0 Å². The Kier molecular flexibility index (Phi) is 9.09. The van der Waals surface area contributed by atoms with Crippen LogP contribution in [0.3, 0.4) is 0 Å². The van der Waals surface area contributed by atoms with E-state index in [2.05, 4.69) is 44.6 Å². The van der Waals surface area contributed by atoms with E-state index in [9.17, 15) is 0 Å². The van der Waals surface area contributed by atoms with E-state index < -0.39 is 0 Å². The van der Waals surface area contributed by atoms with Gasteiger partial charge in [0.1, 0.15) is 0 Å². The van der Waals surface area contributed by atoms with E-state index in [1.165, 1.54) is 29.1 Å². The fourth-order valence-corrected chi connectivity index (χ4v) is 3.44. The predicted molar refractivity (Wildman–Crippen MR) is 95.3 cm³/mol. The number of hydrogen-bond donors (Lipinski definition) is 1. The molecule has 1 heterocycles. The van der Waals surface area contributed by atoms with Crippen molar-refractivity contribution in [2.24, 2.45) is 0 Å². The standard InChI is InChI=1S/C17H33N3S/c1-6-11-18-14(7-2)17-15(8-3)19-20(16(17)9-4)12-13-21-10-5/h14,18H,6-13H2,1-5H3. The molecule has 0 aliphatic rings. The summed E-state index contributed by atoms with van der Waals surface area (Å²) in [7, 11) is 0. The second-order valence-corrected chi connectivity index (χ2v) is 6.74. The molecular formula is C17H33N3S. The van der Waals surface area contributed by atoms with Gasteiger partial charge in [-0.2, -0.15) is 16.9 Å². The zero-order chi connectivity index (χ0) is 15.7. The number of hydrogen-bond acceptors (Lipinski definition) is 3. The fraction of sp³-hybridized carbons (Fsp3) is 0.824. The lowest BCUT2D eigenvalue weighted by molar-refractivity contribution is 0.510. The molecule has 0 bridgehead atoms. The average Bonchev–Trinajstić information content (AvgIpc) is 2.86.